The number of azide groups is 1. The molecule has 0 saturated heterocycles. The number of carbonyl (C=O) groups excluding carboxylic acids is 2. The molecule has 9 nitrogen and oxygen atoms in total. The summed E-state index contributed by atoms with van der Waals surface area (Å²) in [7, 11) is 1.61. The van der Waals surface area contributed by atoms with Gasteiger partial charge in [0.25, 0.3) is 0 Å². The molecule has 0 aliphatic carbocycles. The minimum Gasteiger partial charge on any atom is -0.497 e. The molecule has 9 heteroatoms. The summed E-state index contributed by atoms with van der Waals surface area (Å²) in [4.78, 5) is 28.1. The van der Waals surface area contributed by atoms with Crippen LogP contribution in [0.3, 0.4) is 0 Å². The molecule has 1 heterocycles. The van der Waals surface area contributed by atoms with Crippen molar-refractivity contribution in [1.29, 1.82) is 0 Å². The number of terminal acetylenes is 1. The second-order valence-corrected chi connectivity index (χ2v) is 9.54. The molecule has 2 aromatic rings. The van der Waals surface area contributed by atoms with Gasteiger partial charge in [-0.1, -0.05) is 43.2 Å². The lowest BCUT2D eigenvalue weighted by atomic mass is 9.87. The second-order valence-electron chi connectivity index (χ2n) is 9.54. The average molecular weight is 520 g/mol. The van der Waals surface area contributed by atoms with E-state index in [1.807, 2.05) is 50.2 Å². The second kappa shape index (κ2) is 13.4. The molecule has 0 bridgehead atoms. The van der Waals surface area contributed by atoms with Crippen LogP contribution in [0.25, 0.3) is 10.4 Å². The number of hydrogen-bond donors (Lipinski definition) is 0. The van der Waals surface area contributed by atoms with Gasteiger partial charge in [-0.2, -0.15) is 0 Å². The molecule has 4 atom stereocenters. The number of aryl methyl sites for hydroxylation is 1. The maximum Gasteiger partial charge on any atom is 0.342 e. The van der Waals surface area contributed by atoms with Gasteiger partial charge < -0.3 is 18.9 Å². The standard InChI is InChI=1S/C29H33N3O6/c1-6-7-19(3)28(33)37-17-23(31-32-30)14-20(4)25-15-22-11-8-18(2)27(26(22)29(34)38-25)36-16-21-9-12-24(35-5)13-10-21/h1,8-13,19-20,23,25H,7,14-17H2,2-5H3/t19-,20+,23?,25-/m1/s1. The normalized spacial score (nSPS) is 16.5. The van der Waals surface area contributed by atoms with Gasteiger partial charge >= 0.3 is 11.9 Å². The summed E-state index contributed by atoms with van der Waals surface area (Å²) in [6.07, 6.45) is 5.96. The van der Waals surface area contributed by atoms with Gasteiger partial charge in [-0.3, -0.25) is 4.79 Å². The lowest BCUT2D eigenvalue weighted by Crippen LogP contribution is -2.35. The molecular weight excluding hydrogens is 486 g/mol. The van der Waals surface area contributed by atoms with E-state index < -0.39 is 30.0 Å². The molecule has 3 rings (SSSR count). The summed E-state index contributed by atoms with van der Waals surface area (Å²) < 4.78 is 22.4. The first-order valence-corrected chi connectivity index (χ1v) is 12.5. The van der Waals surface area contributed by atoms with Gasteiger partial charge in [0, 0.05) is 17.8 Å². The molecule has 0 spiro atoms. The van der Waals surface area contributed by atoms with E-state index in [0.717, 1.165) is 22.4 Å². The van der Waals surface area contributed by atoms with E-state index >= 15 is 0 Å². The highest BCUT2D eigenvalue weighted by atomic mass is 16.5. The third-order valence-electron chi connectivity index (χ3n) is 6.60. The van der Waals surface area contributed by atoms with Crippen LogP contribution in [0.5, 0.6) is 11.5 Å². The third-order valence-corrected chi connectivity index (χ3v) is 6.60. The maximum absolute atomic E-state index is 13.1. The van der Waals surface area contributed by atoms with E-state index in [-0.39, 0.29) is 18.9 Å². The summed E-state index contributed by atoms with van der Waals surface area (Å²) in [5.41, 5.74) is 12.0. The van der Waals surface area contributed by atoms with Crippen molar-refractivity contribution in [2.75, 3.05) is 13.7 Å². The minimum absolute atomic E-state index is 0.0675. The van der Waals surface area contributed by atoms with Crippen molar-refractivity contribution in [2.24, 2.45) is 17.0 Å². The van der Waals surface area contributed by atoms with Crippen molar-refractivity contribution in [3.05, 3.63) is 69.1 Å². The molecule has 0 N–H and O–H groups in total. The number of nitrogens with zero attached hydrogens (tertiary/aromatic N) is 3. The Morgan fingerprint density at radius 1 is 1.26 bits per heavy atom. The number of cyclic esters (lactones) is 1. The first kappa shape index (κ1) is 28.4. The molecular formula is C29H33N3O6. The molecule has 0 aromatic heterocycles. The Morgan fingerprint density at radius 2 is 2.00 bits per heavy atom. The molecule has 2 aromatic carbocycles. The number of esters is 2. The monoisotopic (exact) mass is 519 g/mol. The van der Waals surface area contributed by atoms with Crippen molar-refractivity contribution in [3.63, 3.8) is 0 Å². The van der Waals surface area contributed by atoms with Crippen LogP contribution in [0.15, 0.2) is 41.5 Å². The quantitative estimate of drug-likeness (QED) is 0.119. The zero-order valence-corrected chi connectivity index (χ0v) is 22.2. The van der Waals surface area contributed by atoms with Crippen LogP contribution in [0.4, 0.5) is 0 Å². The van der Waals surface area contributed by atoms with E-state index in [4.69, 9.17) is 30.9 Å². The Hall–Kier alpha value is -4.15. The number of ether oxygens (including phenoxy) is 4. The third kappa shape index (κ3) is 7.21. The largest absolute Gasteiger partial charge is 0.497 e. The Labute approximate surface area is 223 Å². The number of benzene rings is 2. The van der Waals surface area contributed by atoms with Crippen molar-refractivity contribution in [2.45, 2.75) is 58.8 Å². The molecule has 1 aliphatic rings. The van der Waals surface area contributed by atoms with Gasteiger partial charge in [0.2, 0.25) is 0 Å². The van der Waals surface area contributed by atoms with Gasteiger partial charge in [0.1, 0.15) is 29.8 Å². The van der Waals surface area contributed by atoms with Crippen molar-refractivity contribution in [1.82, 2.24) is 0 Å². The lowest BCUT2D eigenvalue weighted by Gasteiger charge is -2.31. The predicted molar refractivity (Wildman–Crippen MR) is 142 cm³/mol. The van der Waals surface area contributed by atoms with Crippen LogP contribution >= 0.6 is 0 Å². The number of carbonyl (C=O) groups is 2. The fourth-order valence-electron chi connectivity index (χ4n) is 4.34. The van der Waals surface area contributed by atoms with Gasteiger partial charge in [-0.15, -0.1) is 12.3 Å². The first-order chi connectivity index (χ1) is 18.3. The Kier molecular flexibility index (Phi) is 10.0. The molecule has 0 saturated carbocycles. The average Bonchev–Trinajstić information content (AvgIpc) is 2.91. The molecule has 1 aliphatic heterocycles. The van der Waals surface area contributed by atoms with Gasteiger partial charge in [0.15, 0.2) is 0 Å². The Morgan fingerprint density at radius 3 is 2.66 bits per heavy atom. The highest BCUT2D eigenvalue weighted by molar-refractivity contribution is 5.95. The summed E-state index contributed by atoms with van der Waals surface area (Å²) in [6.45, 7) is 5.72. The smallest absolute Gasteiger partial charge is 0.342 e. The number of rotatable bonds is 12. The summed E-state index contributed by atoms with van der Waals surface area (Å²) in [6, 6.07) is 10.8. The maximum atomic E-state index is 13.1. The van der Waals surface area contributed by atoms with Crippen LogP contribution in [-0.2, 0) is 27.3 Å². The fourth-order valence-corrected chi connectivity index (χ4v) is 4.34. The van der Waals surface area contributed by atoms with E-state index in [2.05, 4.69) is 15.9 Å². The highest BCUT2D eigenvalue weighted by Gasteiger charge is 2.34. The predicted octanol–water partition coefficient (Wildman–Crippen LogP) is 5.57. The number of fused-ring (bicyclic) bond motifs is 1. The van der Waals surface area contributed by atoms with Crippen LogP contribution in [0.1, 0.15) is 53.7 Å². The van der Waals surface area contributed by atoms with E-state index in [9.17, 15) is 9.59 Å². The highest BCUT2D eigenvalue weighted by Crippen LogP contribution is 2.35. The van der Waals surface area contributed by atoms with E-state index in [0.29, 0.717) is 30.8 Å². The molecule has 0 fully saturated rings. The van der Waals surface area contributed by atoms with Crippen LogP contribution in [0, 0.1) is 31.1 Å². The van der Waals surface area contributed by atoms with E-state index in [1.54, 1.807) is 14.0 Å². The summed E-state index contributed by atoms with van der Waals surface area (Å²) >= 11 is 0. The summed E-state index contributed by atoms with van der Waals surface area (Å²) in [5.74, 6) is 2.20. The molecule has 1 unspecified atom stereocenters. The lowest BCUT2D eigenvalue weighted by molar-refractivity contribution is -0.148. The molecule has 0 amide bonds. The fraction of sp³-hybridized carbons (Fsp3) is 0.448. The summed E-state index contributed by atoms with van der Waals surface area (Å²) in [5, 5.41) is 3.78. The Bertz CT molecular complexity index is 1230. The minimum atomic E-state index is -0.599. The van der Waals surface area contributed by atoms with Crippen LogP contribution in [-0.4, -0.2) is 37.8 Å². The van der Waals surface area contributed by atoms with E-state index in [1.165, 1.54) is 0 Å². The van der Waals surface area contributed by atoms with Gasteiger partial charge in [0.05, 0.1) is 25.7 Å². The SMILES string of the molecule is C#CC[C@@H](C)C(=O)OCC(C[C@H](C)[C@H]1Cc2ccc(C)c(OCc3ccc(OC)cc3)c2C(=O)O1)N=[N+]=[N-]. The van der Waals surface area contributed by atoms with Crippen LogP contribution < -0.4 is 9.47 Å². The van der Waals surface area contributed by atoms with Crippen molar-refractivity contribution < 1.29 is 28.5 Å². The number of hydrogen-bond acceptors (Lipinski definition) is 7. The molecule has 200 valence electrons. The molecule has 38 heavy (non-hydrogen) atoms. The zero-order chi connectivity index (χ0) is 27.7. The molecule has 0 radical (unpaired) electrons. The Balaban J connectivity index is 1.68. The number of methoxy groups -OCH3 is 1. The van der Waals surface area contributed by atoms with Gasteiger partial charge in [-0.25, -0.2) is 4.79 Å². The van der Waals surface area contributed by atoms with Crippen molar-refractivity contribution in [3.8, 4) is 23.8 Å². The van der Waals surface area contributed by atoms with Gasteiger partial charge in [-0.05, 0) is 53.6 Å². The zero-order valence-electron chi connectivity index (χ0n) is 22.2. The van der Waals surface area contributed by atoms with Crippen molar-refractivity contribution >= 4 is 11.9 Å². The van der Waals surface area contributed by atoms with Crippen LogP contribution in [0.2, 0.25) is 0 Å². The topological polar surface area (TPSA) is 120 Å². The first-order valence-electron chi connectivity index (χ1n) is 12.5.